The number of aromatic nitrogens is 2. The molecule has 0 saturated carbocycles. The zero-order valence-corrected chi connectivity index (χ0v) is 11.3. The minimum atomic E-state index is -0.808. The summed E-state index contributed by atoms with van der Waals surface area (Å²) in [6.07, 6.45) is 4.99. The Morgan fingerprint density at radius 3 is 2.79 bits per heavy atom. The summed E-state index contributed by atoms with van der Waals surface area (Å²) in [5.74, 6) is -0.948. The SMILES string of the molecule is CCC1(C(=O)O)CCCN(C(=O)c2cncn2C)C1. The molecule has 1 aromatic rings. The first kappa shape index (κ1) is 13.6. The lowest BCUT2D eigenvalue weighted by Crippen LogP contribution is -2.49. The van der Waals surface area contributed by atoms with E-state index in [0.29, 0.717) is 25.1 Å². The van der Waals surface area contributed by atoms with Crippen LogP contribution in [0, 0.1) is 5.41 Å². The van der Waals surface area contributed by atoms with Gasteiger partial charge in [-0.2, -0.15) is 0 Å². The van der Waals surface area contributed by atoms with Gasteiger partial charge < -0.3 is 14.6 Å². The summed E-state index contributed by atoms with van der Waals surface area (Å²) >= 11 is 0. The molecule has 1 aromatic heterocycles. The van der Waals surface area contributed by atoms with Gasteiger partial charge in [-0.3, -0.25) is 9.59 Å². The maximum Gasteiger partial charge on any atom is 0.311 e. The van der Waals surface area contributed by atoms with Crippen LogP contribution < -0.4 is 0 Å². The quantitative estimate of drug-likeness (QED) is 0.889. The van der Waals surface area contributed by atoms with Crippen LogP contribution in [0.4, 0.5) is 0 Å². The molecule has 0 aromatic carbocycles. The second-order valence-corrected chi connectivity index (χ2v) is 5.16. The van der Waals surface area contributed by atoms with Crippen LogP contribution in [0.1, 0.15) is 36.7 Å². The number of aliphatic carboxylic acids is 1. The molecule has 1 aliphatic heterocycles. The number of hydrogen-bond acceptors (Lipinski definition) is 3. The third-order valence-electron chi connectivity index (χ3n) is 4.03. The van der Waals surface area contributed by atoms with E-state index >= 15 is 0 Å². The molecule has 6 heteroatoms. The zero-order chi connectivity index (χ0) is 14.0. The van der Waals surface area contributed by atoms with Crippen molar-refractivity contribution in [3.8, 4) is 0 Å². The predicted molar refractivity (Wildman–Crippen MR) is 68.7 cm³/mol. The Bertz CT molecular complexity index is 497. The summed E-state index contributed by atoms with van der Waals surface area (Å²) in [7, 11) is 1.76. The standard InChI is InChI=1S/C13H19N3O3/c1-3-13(12(18)19)5-4-6-16(8-13)11(17)10-7-14-9-15(10)2/h7,9H,3-6,8H2,1-2H3,(H,18,19). The molecule has 1 fully saturated rings. The number of imidazole rings is 1. The maximum absolute atomic E-state index is 12.4. The van der Waals surface area contributed by atoms with E-state index in [0.717, 1.165) is 6.42 Å². The molecule has 0 spiro atoms. The van der Waals surface area contributed by atoms with E-state index in [-0.39, 0.29) is 12.5 Å². The molecule has 1 amide bonds. The molecular formula is C13H19N3O3. The largest absolute Gasteiger partial charge is 0.481 e. The minimum Gasteiger partial charge on any atom is -0.481 e. The molecule has 19 heavy (non-hydrogen) atoms. The maximum atomic E-state index is 12.4. The lowest BCUT2D eigenvalue weighted by atomic mass is 9.77. The molecule has 0 radical (unpaired) electrons. The molecule has 1 atom stereocenters. The lowest BCUT2D eigenvalue weighted by molar-refractivity contribution is -0.152. The molecule has 1 N–H and O–H groups in total. The number of amides is 1. The number of carbonyl (C=O) groups is 2. The van der Waals surface area contributed by atoms with Gasteiger partial charge in [0.15, 0.2) is 0 Å². The van der Waals surface area contributed by atoms with Crippen molar-refractivity contribution in [3.05, 3.63) is 18.2 Å². The van der Waals surface area contributed by atoms with Gasteiger partial charge in [0.25, 0.3) is 5.91 Å². The number of carbonyl (C=O) groups excluding carboxylic acids is 1. The van der Waals surface area contributed by atoms with E-state index in [2.05, 4.69) is 4.98 Å². The molecule has 0 aliphatic carbocycles. The van der Waals surface area contributed by atoms with Crippen molar-refractivity contribution in [1.82, 2.24) is 14.5 Å². The summed E-state index contributed by atoms with van der Waals surface area (Å²) in [5, 5.41) is 9.42. The minimum absolute atomic E-state index is 0.140. The van der Waals surface area contributed by atoms with Crippen LogP contribution in [0.25, 0.3) is 0 Å². The van der Waals surface area contributed by atoms with Gasteiger partial charge in [0.2, 0.25) is 0 Å². The normalized spacial score (nSPS) is 23.4. The smallest absolute Gasteiger partial charge is 0.311 e. The molecule has 1 unspecified atom stereocenters. The van der Waals surface area contributed by atoms with Gasteiger partial charge in [0.05, 0.1) is 17.9 Å². The average Bonchev–Trinajstić information content (AvgIpc) is 2.84. The van der Waals surface area contributed by atoms with Gasteiger partial charge in [-0.25, -0.2) is 4.98 Å². The highest BCUT2D eigenvalue weighted by Gasteiger charge is 2.42. The Morgan fingerprint density at radius 2 is 2.26 bits per heavy atom. The predicted octanol–water partition coefficient (Wildman–Crippen LogP) is 1.14. The Hall–Kier alpha value is -1.85. The first-order chi connectivity index (χ1) is 9.00. The fraction of sp³-hybridized carbons (Fsp3) is 0.615. The second-order valence-electron chi connectivity index (χ2n) is 5.16. The number of nitrogens with zero attached hydrogens (tertiary/aromatic N) is 3. The Labute approximate surface area is 112 Å². The highest BCUT2D eigenvalue weighted by Crippen LogP contribution is 2.34. The first-order valence-corrected chi connectivity index (χ1v) is 6.49. The summed E-state index contributed by atoms with van der Waals surface area (Å²) in [5.41, 5.74) is -0.302. The molecule has 6 nitrogen and oxygen atoms in total. The number of hydrogen-bond donors (Lipinski definition) is 1. The number of aryl methyl sites for hydroxylation is 1. The van der Waals surface area contributed by atoms with Gasteiger partial charge in [-0.05, 0) is 19.3 Å². The summed E-state index contributed by atoms with van der Waals surface area (Å²) in [4.78, 5) is 29.4. The van der Waals surface area contributed by atoms with Crippen molar-refractivity contribution in [3.63, 3.8) is 0 Å². The van der Waals surface area contributed by atoms with Gasteiger partial charge in [0.1, 0.15) is 5.69 Å². The van der Waals surface area contributed by atoms with Crippen LogP contribution in [0.5, 0.6) is 0 Å². The average molecular weight is 265 g/mol. The fourth-order valence-corrected chi connectivity index (χ4v) is 2.64. The highest BCUT2D eigenvalue weighted by molar-refractivity contribution is 5.93. The molecule has 0 bridgehead atoms. The van der Waals surface area contributed by atoms with Gasteiger partial charge >= 0.3 is 5.97 Å². The number of rotatable bonds is 3. The van der Waals surface area contributed by atoms with E-state index in [4.69, 9.17) is 0 Å². The molecule has 1 aliphatic rings. The first-order valence-electron chi connectivity index (χ1n) is 6.49. The zero-order valence-electron chi connectivity index (χ0n) is 11.3. The van der Waals surface area contributed by atoms with Gasteiger partial charge in [-0.15, -0.1) is 0 Å². The van der Waals surface area contributed by atoms with Crippen LogP contribution in [0.15, 0.2) is 12.5 Å². The lowest BCUT2D eigenvalue weighted by Gasteiger charge is -2.39. The van der Waals surface area contributed by atoms with E-state index in [1.165, 1.54) is 6.20 Å². The van der Waals surface area contributed by atoms with Crippen molar-refractivity contribution in [2.75, 3.05) is 13.1 Å². The van der Waals surface area contributed by atoms with Crippen molar-refractivity contribution in [1.29, 1.82) is 0 Å². The molecular weight excluding hydrogens is 246 g/mol. The Balaban J connectivity index is 2.20. The number of likely N-dealkylation sites (tertiary alicyclic amines) is 1. The molecule has 2 heterocycles. The van der Waals surface area contributed by atoms with E-state index in [9.17, 15) is 14.7 Å². The summed E-state index contributed by atoms with van der Waals surface area (Å²) in [6, 6.07) is 0. The monoisotopic (exact) mass is 265 g/mol. The number of carboxylic acid groups (broad SMARTS) is 1. The third kappa shape index (κ3) is 2.34. The van der Waals surface area contributed by atoms with Crippen LogP contribution >= 0.6 is 0 Å². The van der Waals surface area contributed by atoms with Crippen LogP contribution in [-0.4, -0.2) is 44.5 Å². The third-order valence-corrected chi connectivity index (χ3v) is 4.03. The molecule has 1 saturated heterocycles. The number of carboxylic acids is 1. The van der Waals surface area contributed by atoms with Crippen molar-refractivity contribution in [2.24, 2.45) is 12.5 Å². The van der Waals surface area contributed by atoms with E-state index in [1.54, 1.807) is 22.8 Å². The number of piperidine rings is 1. The van der Waals surface area contributed by atoms with E-state index < -0.39 is 11.4 Å². The molecule has 2 rings (SSSR count). The summed E-state index contributed by atoms with van der Waals surface area (Å²) in [6.45, 7) is 2.76. The fourth-order valence-electron chi connectivity index (χ4n) is 2.64. The Kier molecular flexibility index (Phi) is 3.59. The van der Waals surface area contributed by atoms with Crippen LogP contribution in [-0.2, 0) is 11.8 Å². The van der Waals surface area contributed by atoms with Gasteiger partial charge in [0, 0.05) is 20.1 Å². The summed E-state index contributed by atoms with van der Waals surface area (Å²) < 4.78 is 1.66. The second kappa shape index (κ2) is 5.03. The van der Waals surface area contributed by atoms with Crippen molar-refractivity contribution >= 4 is 11.9 Å². The topological polar surface area (TPSA) is 75.4 Å². The van der Waals surface area contributed by atoms with E-state index in [1.807, 2.05) is 6.92 Å². The van der Waals surface area contributed by atoms with Crippen molar-refractivity contribution in [2.45, 2.75) is 26.2 Å². The van der Waals surface area contributed by atoms with Gasteiger partial charge in [-0.1, -0.05) is 6.92 Å². The van der Waals surface area contributed by atoms with Crippen LogP contribution in [0.3, 0.4) is 0 Å². The molecule has 104 valence electrons. The van der Waals surface area contributed by atoms with Crippen LogP contribution in [0.2, 0.25) is 0 Å². The highest BCUT2D eigenvalue weighted by atomic mass is 16.4. The van der Waals surface area contributed by atoms with Crippen molar-refractivity contribution < 1.29 is 14.7 Å². The Morgan fingerprint density at radius 1 is 1.53 bits per heavy atom.